The van der Waals surface area contributed by atoms with Gasteiger partial charge in [-0.15, -0.1) is 11.3 Å². The van der Waals surface area contributed by atoms with Crippen molar-refractivity contribution in [3.05, 3.63) is 76.0 Å². The van der Waals surface area contributed by atoms with Crippen LogP contribution < -0.4 is 9.47 Å². The first-order valence-electron chi connectivity index (χ1n) is 9.70. The van der Waals surface area contributed by atoms with Gasteiger partial charge in [0.2, 0.25) is 0 Å². The van der Waals surface area contributed by atoms with Crippen molar-refractivity contribution in [2.75, 3.05) is 13.7 Å². The summed E-state index contributed by atoms with van der Waals surface area (Å²) in [4.78, 5) is 19.3. The van der Waals surface area contributed by atoms with Crippen molar-refractivity contribution in [2.45, 2.75) is 27.0 Å². The summed E-state index contributed by atoms with van der Waals surface area (Å²) in [5, 5.41) is 2.75. The standard InChI is InChI=1S/C23H25FN2O3S/c1-16(2)12-26(23(27)17-8-10-18(24)11-9-17)13-19-15-30-22(25-19)14-29-21-7-5-4-6-20(21)28-3/h4-11,15-16H,12-14H2,1-3H3. The van der Waals surface area contributed by atoms with Gasteiger partial charge in [0.15, 0.2) is 11.5 Å². The summed E-state index contributed by atoms with van der Waals surface area (Å²) in [6.07, 6.45) is 0. The van der Waals surface area contributed by atoms with Gasteiger partial charge < -0.3 is 14.4 Å². The van der Waals surface area contributed by atoms with Gasteiger partial charge in [-0.3, -0.25) is 4.79 Å². The highest BCUT2D eigenvalue weighted by Gasteiger charge is 2.19. The summed E-state index contributed by atoms with van der Waals surface area (Å²) in [5.74, 6) is 1.12. The Bertz CT molecular complexity index is 973. The Kier molecular flexibility index (Phi) is 7.41. The highest BCUT2D eigenvalue weighted by Crippen LogP contribution is 2.27. The molecule has 2 aromatic carbocycles. The molecule has 0 bridgehead atoms. The summed E-state index contributed by atoms with van der Waals surface area (Å²) < 4.78 is 24.3. The van der Waals surface area contributed by atoms with Gasteiger partial charge in [0.1, 0.15) is 17.4 Å². The summed E-state index contributed by atoms with van der Waals surface area (Å²) in [5.41, 5.74) is 1.27. The Morgan fingerprint density at radius 3 is 2.50 bits per heavy atom. The van der Waals surface area contributed by atoms with Crippen molar-refractivity contribution in [1.82, 2.24) is 9.88 Å². The van der Waals surface area contributed by atoms with Crippen molar-refractivity contribution in [3.8, 4) is 11.5 Å². The zero-order chi connectivity index (χ0) is 21.5. The first kappa shape index (κ1) is 21.8. The maximum Gasteiger partial charge on any atom is 0.254 e. The minimum atomic E-state index is -0.360. The first-order valence-corrected chi connectivity index (χ1v) is 10.6. The smallest absolute Gasteiger partial charge is 0.254 e. The number of hydrogen-bond acceptors (Lipinski definition) is 5. The van der Waals surface area contributed by atoms with Crippen LogP contribution in [-0.2, 0) is 13.2 Å². The van der Waals surface area contributed by atoms with Crippen molar-refractivity contribution in [3.63, 3.8) is 0 Å². The number of halogens is 1. The highest BCUT2D eigenvalue weighted by molar-refractivity contribution is 7.09. The van der Waals surface area contributed by atoms with Crippen LogP contribution in [0.5, 0.6) is 11.5 Å². The second-order valence-electron chi connectivity index (χ2n) is 7.26. The molecule has 0 aliphatic rings. The maximum atomic E-state index is 13.2. The van der Waals surface area contributed by atoms with Crippen LogP contribution in [0.2, 0.25) is 0 Å². The molecule has 0 aliphatic heterocycles. The third-order valence-corrected chi connectivity index (χ3v) is 5.21. The summed E-state index contributed by atoms with van der Waals surface area (Å²) in [7, 11) is 1.60. The molecule has 1 aromatic heterocycles. The third-order valence-electron chi connectivity index (χ3n) is 4.34. The van der Waals surface area contributed by atoms with Crippen molar-refractivity contribution in [1.29, 1.82) is 0 Å². The number of nitrogens with zero attached hydrogens (tertiary/aromatic N) is 2. The van der Waals surface area contributed by atoms with E-state index in [1.165, 1.54) is 35.6 Å². The van der Waals surface area contributed by atoms with Gasteiger partial charge in [0, 0.05) is 17.5 Å². The average Bonchev–Trinajstić information content (AvgIpc) is 3.19. The van der Waals surface area contributed by atoms with Gasteiger partial charge >= 0.3 is 0 Å². The Morgan fingerprint density at radius 1 is 1.13 bits per heavy atom. The fourth-order valence-electron chi connectivity index (χ4n) is 3.00. The van der Waals surface area contributed by atoms with E-state index in [-0.39, 0.29) is 11.7 Å². The van der Waals surface area contributed by atoms with Crippen LogP contribution in [0, 0.1) is 11.7 Å². The predicted octanol–water partition coefficient (Wildman–Crippen LogP) is 5.17. The van der Waals surface area contributed by atoms with E-state index < -0.39 is 0 Å². The lowest BCUT2D eigenvalue weighted by Crippen LogP contribution is -2.33. The lowest BCUT2D eigenvalue weighted by atomic mass is 10.1. The third kappa shape index (κ3) is 5.79. The van der Waals surface area contributed by atoms with Crippen LogP contribution >= 0.6 is 11.3 Å². The number of thiazole rings is 1. The largest absolute Gasteiger partial charge is 0.493 e. The predicted molar refractivity (Wildman–Crippen MR) is 115 cm³/mol. The van der Waals surface area contributed by atoms with E-state index in [0.29, 0.717) is 42.7 Å². The molecule has 1 amide bonds. The van der Waals surface area contributed by atoms with E-state index in [0.717, 1.165) is 10.7 Å². The van der Waals surface area contributed by atoms with Crippen molar-refractivity contribution < 1.29 is 18.7 Å². The molecule has 30 heavy (non-hydrogen) atoms. The molecule has 1 heterocycles. The Labute approximate surface area is 180 Å². The van der Waals surface area contributed by atoms with Gasteiger partial charge in [-0.25, -0.2) is 9.37 Å². The number of benzene rings is 2. The van der Waals surface area contributed by atoms with Gasteiger partial charge in [-0.1, -0.05) is 26.0 Å². The Hall–Kier alpha value is -2.93. The molecule has 3 rings (SSSR count). The second kappa shape index (κ2) is 10.2. The highest BCUT2D eigenvalue weighted by atomic mass is 32.1. The summed E-state index contributed by atoms with van der Waals surface area (Å²) >= 11 is 1.49. The molecule has 158 valence electrons. The molecule has 0 atom stereocenters. The minimum absolute atomic E-state index is 0.136. The number of methoxy groups -OCH3 is 1. The molecule has 0 fully saturated rings. The monoisotopic (exact) mass is 428 g/mol. The average molecular weight is 429 g/mol. The van der Waals surface area contributed by atoms with E-state index >= 15 is 0 Å². The lowest BCUT2D eigenvalue weighted by Gasteiger charge is -2.24. The van der Waals surface area contributed by atoms with Crippen molar-refractivity contribution >= 4 is 17.2 Å². The molecule has 0 N–H and O–H groups in total. The number of ether oxygens (including phenoxy) is 2. The summed E-state index contributed by atoms with van der Waals surface area (Å²) in [6.45, 7) is 5.40. The molecule has 0 saturated carbocycles. The molecule has 5 nitrogen and oxygen atoms in total. The van der Waals surface area contributed by atoms with Crippen LogP contribution in [0.3, 0.4) is 0 Å². The molecule has 0 aliphatic carbocycles. The first-order chi connectivity index (χ1) is 14.5. The van der Waals surface area contributed by atoms with E-state index in [9.17, 15) is 9.18 Å². The van der Waals surface area contributed by atoms with E-state index in [2.05, 4.69) is 18.8 Å². The Morgan fingerprint density at radius 2 is 1.83 bits per heavy atom. The fourth-order valence-corrected chi connectivity index (χ4v) is 3.69. The lowest BCUT2D eigenvalue weighted by molar-refractivity contribution is 0.0720. The molecular weight excluding hydrogens is 403 g/mol. The molecule has 7 heteroatoms. The molecule has 3 aromatic rings. The maximum absolute atomic E-state index is 13.2. The number of carbonyl (C=O) groups excluding carboxylic acids is 1. The number of carbonyl (C=O) groups is 1. The van der Waals surface area contributed by atoms with Gasteiger partial charge in [-0.2, -0.15) is 0 Å². The second-order valence-corrected chi connectivity index (χ2v) is 8.20. The SMILES string of the molecule is COc1ccccc1OCc1nc(CN(CC(C)C)C(=O)c2ccc(F)cc2)cs1. The van der Waals surface area contributed by atoms with Crippen LogP contribution in [0.1, 0.15) is 34.9 Å². The molecule has 0 spiro atoms. The van der Waals surface area contributed by atoms with E-state index in [4.69, 9.17) is 9.47 Å². The van der Waals surface area contributed by atoms with Crippen LogP contribution in [-0.4, -0.2) is 29.4 Å². The van der Waals surface area contributed by atoms with Gasteiger partial charge in [-0.05, 0) is 42.3 Å². The van der Waals surface area contributed by atoms with Gasteiger partial charge in [0.05, 0.1) is 19.3 Å². The molecule has 0 radical (unpaired) electrons. The number of rotatable bonds is 9. The quantitative estimate of drug-likeness (QED) is 0.472. The van der Waals surface area contributed by atoms with Crippen molar-refractivity contribution in [2.24, 2.45) is 5.92 Å². The van der Waals surface area contributed by atoms with Gasteiger partial charge in [0.25, 0.3) is 5.91 Å². The van der Waals surface area contributed by atoms with E-state index in [1.54, 1.807) is 12.0 Å². The Balaban J connectivity index is 1.67. The van der Waals surface area contributed by atoms with Crippen LogP contribution in [0.15, 0.2) is 53.9 Å². The van der Waals surface area contributed by atoms with Crippen LogP contribution in [0.25, 0.3) is 0 Å². The zero-order valence-electron chi connectivity index (χ0n) is 17.3. The minimum Gasteiger partial charge on any atom is -0.493 e. The normalized spacial score (nSPS) is 10.8. The zero-order valence-corrected chi connectivity index (χ0v) is 18.1. The fraction of sp³-hybridized carbons (Fsp3) is 0.304. The number of para-hydroxylation sites is 2. The number of hydrogen-bond donors (Lipinski definition) is 0. The summed E-state index contributed by atoms with van der Waals surface area (Å²) in [6, 6.07) is 13.1. The molecule has 0 saturated heterocycles. The van der Waals surface area contributed by atoms with Crippen LogP contribution in [0.4, 0.5) is 4.39 Å². The number of aromatic nitrogens is 1. The topological polar surface area (TPSA) is 51.7 Å². The molecule has 0 unspecified atom stereocenters. The van der Waals surface area contributed by atoms with E-state index in [1.807, 2.05) is 29.6 Å². The number of amides is 1. The molecular formula is C23H25FN2O3S.